The van der Waals surface area contributed by atoms with Crippen molar-refractivity contribution in [1.82, 2.24) is 14.5 Å². The molecule has 2 heterocycles. The van der Waals surface area contributed by atoms with Gasteiger partial charge in [-0.1, -0.05) is 12.1 Å². The van der Waals surface area contributed by atoms with E-state index in [4.69, 9.17) is 0 Å². The number of hydrogen-bond donors (Lipinski definition) is 0. The zero-order chi connectivity index (χ0) is 14.9. The third-order valence-electron chi connectivity index (χ3n) is 3.81. The first-order valence-corrected chi connectivity index (χ1v) is 8.96. The van der Waals surface area contributed by atoms with Gasteiger partial charge in [0.1, 0.15) is 0 Å². The molecule has 1 aromatic carbocycles. The number of aromatic nitrogens is 2. The number of imidazole rings is 1. The fourth-order valence-electron chi connectivity index (χ4n) is 2.38. The lowest BCUT2D eigenvalue weighted by atomic mass is 10.2. The van der Waals surface area contributed by atoms with Crippen LogP contribution in [-0.4, -0.2) is 48.8 Å². The van der Waals surface area contributed by atoms with E-state index in [1.807, 2.05) is 18.6 Å². The van der Waals surface area contributed by atoms with Crippen molar-refractivity contribution < 1.29 is 8.42 Å². The van der Waals surface area contributed by atoms with E-state index < -0.39 is 9.84 Å². The summed E-state index contributed by atoms with van der Waals surface area (Å²) in [5, 5.41) is 0. The first-order valence-electron chi connectivity index (χ1n) is 7.07. The molecular weight excluding hydrogens is 286 g/mol. The zero-order valence-electron chi connectivity index (χ0n) is 12.1. The summed E-state index contributed by atoms with van der Waals surface area (Å²) in [5.74, 6) is 0. The van der Waals surface area contributed by atoms with E-state index in [1.165, 1.54) is 25.8 Å². The minimum absolute atomic E-state index is 0.329. The average molecular weight is 305 g/mol. The molecule has 0 amide bonds. The summed E-state index contributed by atoms with van der Waals surface area (Å²) in [6.07, 6.45) is 6.30. The van der Waals surface area contributed by atoms with Crippen LogP contribution in [0.15, 0.2) is 41.7 Å². The van der Waals surface area contributed by atoms with Crippen LogP contribution in [0.3, 0.4) is 0 Å². The molecule has 5 nitrogen and oxygen atoms in total. The van der Waals surface area contributed by atoms with Crippen LogP contribution in [0, 0.1) is 0 Å². The van der Waals surface area contributed by atoms with E-state index in [-0.39, 0.29) is 0 Å². The van der Waals surface area contributed by atoms with Gasteiger partial charge >= 0.3 is 0 Å². The molecule has 0 aliphatic carbocycles. The monoisotopic (exact) mass is 305 g/mol. The summed E-state index contributed by atoms with van der Waals surface area (Å²) < 4.78 is 25.3. The van der Waals surface area contributed by atoms with Gasteiger partial charge in [0.05, 0.1) is 16.9 Å². The molecule has 1 aliphatic rings. The molecule has 0 atom stereocenters. The lowest BCUT2D eigenvalue weighted by Crippen LogP contribution is -2.39. The lowest BCUT2D eigenvalue weighted by molar-refractivity contribution is 0.174. The molecule has 0 saturated carbocycles. The second-order valence-corrected chi connectivity index (χ2v) is 7.51. The van der Waals surface area contributed by atoms with Crippen molar-refractivity contribution in [2.24, 2.45) is 0 Å². The molecule has 1 saturated heterocycles. The standard InChI is InChI=1S/C15H19N3O2S/c1-21(19,20)14-5-2-4-13(10-14)15-11-18(12-16-15)9-8-17-6-3-7-17/h2,4-5,10-12H,3,6-9H2,1H3. The van der Waals surface area contributed by atoms with Crippen LogP contribution in [0.1, 0.15) is 6.42 Å². The van der Waals surface area contributed by atoms with Crippen LogP contribution in [-0.2, 0) is 16.4 Å². The van der Waals surface area contributed by atoms with Gasteiger partial charge in [0, 0.05) is 31.1 Å². The summed E-state index contributed by atoms with van der Waals surface area (Å²) in [5.41, 5.74) is 1.64. The van der Waals surface area contributed by atoms with Gasteiger partial charge in [-0.05, 0) is 31.6 Å². The molecular formula is C15H19N3O2S. The van der Waals surface area contributed by atoms with Crippen molar-refractivity contribution in [3.63, 3.8) is 0 Å². The van der Waals surface area contributed by atoms with E-state index in [0.29, 0.717) is 4.90 Å². The predicted octanol–water partition coefficient (Wildman–Crippen LogP) is 1.66. The van der Waals surface area contributed by atoms with Gasteiger partial charge in [-0.25, -0.2) is 13.4 Å². The Morgan fingerprint density at radius 2 is 2.05 bits per heavy atom. The van der Waals surface area contributed by atoms with Gasteiger partial charge in [0.15, 0.2) is 9.84 Å². The zero-order valence-corrected chi connectivity index (χ0v) is 12.9. The molecule has 0 N–H and O–H groups in total. The Balaban J connectivity index is 1.76. The average Bonchev–Trinajstić information content (AvgIpc) is 2.85. The number of hydrogen-bond acceptors (Lipinski definition) is 4. The summed E-state index contributed by atoms with van der Waals surface area (Å²) in [4.78, 5) is 7.12. The highest BCUT2D eigenvalue weighted by Crippen LogP contribution is 2.21. The Kier molecular flexibility index (Phi) is 3.82. The highest BCUT2D eigenvalue weighted by atomic mass is 32.2. The maximum atomic E-state index is 11.6. The maximum Gasteiger partial charge on any atom is 0.175 e. The van der Waals surface area contributed by atoms with Crippen molar-refractivity contribution in [3.8, 4) is 11.3 Å². The van der Waals surface area contributed by atoms with E-state index in [9.17, 15) is 8.42 Å². The molecule has 0 unspecified atom stereocenters. The first kappa shape index (κ1) is 14.3. The predicted molar refractivity (Wildman–Crippen MR) is 81.8 cm³/mol. The van der Waals surface area contributed by atoms with Gasteiger partial charge in [-0.2, -0.15) is 0 Å². The molecule has 1 fully saturated rings. The largest absolute Gasteiger partial charge is 0.336 e. The van der Waals surface area contributed by atoms with Gasteiger partial charge in [-0.15, -0.1) is 0 Å². The van der Waals surface area contributed by atoms with Crippen LogP contribution in [0.25, 0.3) is 11.3 Å². The topological polar surface area (TPSA) is 55.2 Å². The number of sulfone groups is 1. The number of benzene rings is 1. The van der Waals surface area contributed by atoms with Gasteiger partial charge < -0.3 is 9.47 Å². The van der Waals surface area contributed by atoms with Crippen molar-refractivity contribution in [3.05, 3.63) is 36.8 Å². The highest BCUT2D eigenvalue weighted by molar-refractivity contribution is 7.90. The Hall–Kier alpha value is -1.66. The van der Waals surface area contributed by atoms with Crippen LogP contribution in [0.5, 0.6) is 0 Å². The van der Waals surface area contributed by atoms with Crippen LogP contribution < -0.4 is 0 Å². The van der Waals surface area contributed by atoms with Crippen molar-refractivity contribution in [2.75, 3.05) is 25.9 Å². The van der Waals surface area contributed by atoms with Crippen LogP contribution in [0.2, 0.25) is 0 Å². The van der Waals surface area contributed by atoms with Crippen molar-refractivity contribution in [2.45, 2.75) is 17.9 Å². The number of likely N-dealkylation sites (tertiary alicyclic amines) is 1. The molecule has 1 aliphatic heterocycles. The van der Waals surface area contributed by atoms with Crippen molar-refractivity contribution >= 4 is 9.84 Å². The van der Waals surface area contributed by atoms with E-state index >= 15 is 0 Å². The molecule has 1 aromatic heterocycles. The molecule has 0 bridgehead atoms. The summed E-state index contributed by atoms with van der Waals surface area (Å²) in [6, 6.07) is 6.93. The smallest absolute Gasteiger partial charge is 0.175 e. The Morgan fingerprint density at radius 1 is 1.24 bits per heavy atom. The Labute approximate surface area is 125 Å². The molecule has 6 heteroatoms. The molecule has 21 heavy (non-hydrogen) atoms. The fraction of sp³-hybridized carbons (Fsp3) is 0.400. The van der Waals surface area contributed by atoms with Crippen molar-refractivity contribution in [1.29, 1.82) is 0 Å². The molecule has 112 valence electrons. The quantitative estimate of drug-likeness (QED) is 0.843. The molecule has 2 aromatic rings. The SMILES string of the molecule is CS(=O)(=O)c1cccc(-c2cn(CCN3CCC3)cn2)c1. The maximum absolute atomic E-state index is 11.6. The van der Waals surface area contributed by atoms with Gasteiger partial charge in [0.25, 0.3) is 0 Å². The third-order valence-corrected chi connectivity index (χ3v) is 4.92. The highest BCUT2D eigenvalue weighted by Gasteiger charge is 2.13. The fourth-order valence-corrected chi connectivity index (χ4v) is 3.05. The minimum Gasteiger partial charge on any atom is -0.336 e. The summed E-state index contributed by atoms with van der Waals surface area (Å²) in [6.45, 7) is 4.34. The molecule has 3 rings (SSSR count). The lowest BCUT2D eigenvalue weighted by Gasteiger charge is -2.30. The van der Waals surface area contributed by atoms with Crippen LogP contribution >= 0.6 is 0 Å². The minimum atomic E-state index is -3.19. The number of rotatable bonds is 5. The molecule has 0 spiro atoms. The van der Waals surface area contributed by atoms with E-state index in [1.54, 1.807) is 18.2 Å². The second kappa shape index (κ2) is 5.61. The van der Waals surface area contributed by atoms with Gasteiger partial charge in [0.2, 0.25) is 0 Å². The van der Waals surface area contributed by atoms with E-state index in [0.717, 1.165) is 24.3 Å². The van der Waals surface area contributed by atoms with E-state index in [2.05, 4.69) is 14.5 Å². The first-order chi connectivity index (χ1) is 10.0. The van der Waals surface area contributed by atoms with Crippen LogP contribution in [0.4, 0.5) is 0 Å². The normalized spacial score (nSPS) is 15.9. The molecule has 0 radical (unpaired) electrons. The Morgan fingerprint density at radius 3 is 2.71 bits per heavy atom. The Bertz CT molecular complexity index is 733. The summed E-state index contributed by atoms with van der Waals surface area (Å²) >= 11 is 0. The second-order valence-electron chi connectivity index (χ2n) is 5.49. The summed E-state index contributed by atoms with van der Waals surface area (Å²) in [7, 11) is -3.19. The number of nitrogens with zero attached hydrogens (tertiary/aromatic N) is 3. The third kappa shape index (κ3) is 3.33. The van der Waals surface area contributed by atoms with Gasteiger partial charge in [-0.3, -0.25) is 0 Å².